The summed E-state index contributed by atoms with van der Waals surface area (Å²) in [5.74, 6) is 1.08. The second-order valence-electron chi connectivity index (χ2n) is 4.49. The van der Waals surface area contributed by atoms with Crippen LogP contribution in [0, 0.1) is 0 Å². The molecule has 0 radical (unpaired) electrons. The molecule has 84 valence electrons. The van der Waals surface area contributed by atoms with Gasteiger partial charge in [0.25, 0.3) is 0 Å². The van der Waals surface area contributed by atoms with Crippen LogP contribution in [0.3, 0.4) is 0 Å². The van der Waals surface area contributed by atoms with Crippen molar-refractivity contribution in [2.24, 2.45) is 0 Å². The van der Waals surface area contributed by atoms with E-state index in [1.165, 1.54) is 6.42 Å². The molecule has 0 aromatic carbocycles. The highest BCUT2D eigenvalue weighted by molar-refractivity contribution is 5.32. The molecule has 1 fully saturated rings. The fourth-order valence-corrected chi connectivity index (χ4v) is 2.11. The fourth-order valence-electron chi connectivity index (χ4n) is 2.11. The molecule has 1 aliphatic heterocycles. The summed E-state index contributed by atoms with van der Waals surface area (Å²) in [6.45, 7) is 6.57. The number of aromatic nitrogens is 2. The molecule has 1 atom stereocenters. The zero-order valence-electron chi connectivity index (χ0n) is 9.77. The average molecular weight is 208 g/mol. The Morgan fingerprint density at radius 1 is 1.60 bits per heavy atom. The third-order valence-corrected chi connectivity index (χ3v) is 3.10. The van der Waals surface area contributed by atoms with Crippen LogP contribution in [0.25, 0.3) is 0 Å². The van der Waals surface area contributed by atoms with Crippen LogP contribution in [-0.4, -0.2) is 35.7 Å². The Kier molecular flexibility index (Phi) is 2.95. The minimum atomic E-state index is 0.472. The van der Waals surface area contributed by atoms with Gasteiger partial charge in [-0.25, -0.2) is 4.98 Å². The molecule has 4 nitrogen and oxygen atoms in total. The van der Waals surface area contributed by atoms with Crippen molar-refractivity contribution in [3.05, 3.63) is 12.4 Å². The van der Waals surface area contributed by atoms with Crippen molar-refractivity contribution in [3.63, 3.8) is 0 Å². The number of imidazole rings is 1. The van der Waals surface area contributed by atoms with E-state index in [9.17, 15) is 0 Å². The van der Waals surface area contributed by atoms with Crippen LogP contribution in [-0.2, 0) is 0 Å². The summed E-state index contributed by atoms with van der Waals surface area (Å²) in [4.78, 5) is 6.73. The lowest BCUT2D eigenvalue weighted by atomic mass is 10.2. The second-order valence-corrected chi connectivity index (χ2v) is 4.49. The van der Waals surface area contributed by atoms with Crippen LogP contribution in [0.4, 0.5) is 5.95 Å². The van der Waals surface area contributed by atoms with Crippen LogP contribution in [0.5, 0.6) is 0 Å². The number of likely N-dealkylation sites (N-methyl/N-ethyl adjacent to an activating group) is 1. The number of hydrogen-bond acceptors (Lipinski definition) is 3. The normalized spacial score (nSPS) is 21.2. The Hall–Kier alpha value is -1.03. The van der Waals surface area contributed by atoms with Gasteiger partial charge in [0.2, 0.25) is 5.95 Å². The smallest absolute Gasteiger partial charge is 0.205 e. The van der Waals surface area contributed by atoms with E-state index in [4.69, 9.17) is 0 Å². The molecular weight excluding hydrogens is 188 g/mol. The van der Waals surface area contributed by atoms with Gasteiger partial charge in [0.15, 0.2) is 0 Å². The van der Waals surface area contributed by atoms with Crippen molar-refractivity contribution in [2.45, 2.75) is 32.4 Å². The number of hydrogen-bond donors (Lipinski definition) is 1. The lowest BCUT2D eigenvalue weighted by molar-refractivity contribution is 0.570. The fraction of sp³-hybridized carbons (Fsp3) is 0.727. The first kappa shape index (κ1) is 10.5. The van der Waals surface area contributed by atoms with Gasteiger partial charge >= 0.3 is 0 Å². The van der Waals surface area contributed by atoms with Crippen molar-refractivity contribution in [1.29, 1.82) is 0 Å². The Morgan fingerprint density at radius 3 is 3.00 bits per heavy atom. The Bertz CT molecular complexity index is 312. The molecule has 1 aromatic rings. The highest BCUT2D eigenvalue weighted by atomic mass is 15.3. The topological polar surface area (TPSA) is 33.1 Å². The minimum Gasteiger partial charge on any atom is -0.341 e. The van der Waals surface area contributed by atoms with E-state index >= 15 is 0 Å². The summed E-state index contributed by atoms with van der Waals surface area (Å²) in [7, 11) is 2.14. The van der Waals surface area contributed by atoms with E-state index < -0.39 is 0 Å². The van der Waals surface area contributed by atoms with Crippen molar-refractivity contribution < 1.29 is 0 Å². The first-order valence-corrected chi connectivity index (χ1v) is 5.66. The van der Waals surface area contributed by atoms with Gasteiger partial charge < -0.3 is 14.8 Å². The molecule has 0 saturated carbocycles. The second kappa shape index (κ2) is 4.23. The molecule has 4 heteroatoms. The van der Waals surface area contributed by atoms with Crippen molar-refractivity contribution in [2.75, 3.05) is 25.0 Å². The van der Waals surface area contributed by atoms with E-state index in [-0.39, 0.29) is 0 Å². The van der Waals surface area contributed by atoms with E-state index in [0.29, 0.717) is 12.1 Å². The molecule has 1 aromatic heterocycles. The third-order valence-electron chi connectivity index (χ3n) is 3.10. The molecule has 0 bridgehead atoms. The molecule has 1 saturated heterocycles. The molecule has 0 aliphatic carbocycles. The third kappa shape index (κ3) is 2.00. The van der Waals surface area contributed by atoms with Gasteiger partial charge in [-0.3, -0.25) is 0 Å². The SMILES string of the molecule is CC(C)n1ccnc1N(C)C1CCNC1. The standard InChI is InChI=1S/C11H20N4/c1-9(2)15-7-6-13-11(15)14(3)10-4-5-12-8-10/h6-7,9-10,12H,4-5,8H2,1-3H3. The number of nitrogens with zero attached hydrogens (tertiary/aromatic N) is 3. The van der Waals surface area contributed by atoms with Gasteiger partial charge in [0.1, 0.15) is 0 Å². The van der Waals surface area contributed by atoms with Gasteiger partial charge in [-0.1, -0.05) is 0 Å². The predicted molar refractivity (Wildman–Crippen MR) is 62.3 cm³/mol. The highest BCUT2D eigenvalue weighted by Crippen LogP contribution is 2.19. The summed E-state index contributed by atoms with van der Waals surface area (Å²) >= 11 is 0. The Labute approximate surface area is 91.3 Å². The van der Waals surface area contributed by atoms with Gasteiger partial charge in [-0.15, -0.1) is 0 Å². The Morgan fingerprint density at radius 2 is 2.40 bits per heavy atom. The quantitative estimate of drug-likeness (QED) is 0.812. The zero-order valence-corrected chi connectivity index (χ0v) is 9.77. The summed E-state index contributed by atoms with van der Waals surface area (Å²) in [5.41, 5.74) is 0. The van der Waals surface area contributed by atoms with Crippen LogP contribution >= 0.6 is 0 Å². The molecule has 2 rings (SSSR count). The van der Waals surface area contributed by atoms with Crippen LogP contribution in [0.15, 0.2) is 12.4 Å². The average Bonchev–Trinajstić information content (AvgIpc) is 2.88. The van der Waals surface area contributed by atoms with Crippen molar-refractivity contribution in [3.8, 4) is 0 Å². The van der Waals surface area contributed by atoms with E-state index in [2.05, 4.69) is 46.9 Å². The summed E-state index contributed by atoms with van der Waals surface area (Å²) in [6.07, 6.45) is 5.15. The molecule has 1 unspecified atom stereocenters. The highest BCUT2D eigenvalue weighted by Gasteiger charge is 2.22. The first-order valence-electron chi connectivity index (χ1n) is 5.66. The van der Waals surface area contributed by atoms with Crippen LogP contribution in [0.1, 0.15) is 26.3 Å². The maximum absolute atomic E-state index is 4.44. The van der Waals surface area contributed by atoms with E-state index in [1.807, 2.05) is 6.20 Å². The van der Waals surface area contributed by atoms with Crippen LogP contribution < -0.4 is 10.2 Å². The maximum Gasteiger partial charge on any atom is 0.205 e. The number of anilines is 1. The van der Waals surface area contributed by atoms with Gasteiger partial charge in [-0.05, 0) is 26.8 Å². The number of nitrogens with one attached hydrogen (secondary N) is 1. The number of rotatable bonds is 3. The Balaban J connectivity index is 2.16. The van der Waals surface area contributed by atoms with Crippen molar-refractivity contribution in [1.82, 2.24) is 14.9 Å². The summed E-state index contributed by atoms with van der Waals surface area (Å²) in [6, 6.07) is 1.06. The monoisotopic (exact) mass is 208 g/mol. The van der Waals surface area contributed by atoms with E-state index in [1.54, 1.807) is 0 Å². The summed E-state index contributed by atoms with van der Waals surface area (Å²) < 4.78 is 2.22. The zero-order chi connectivity index (χ0) is 10.8. The molecule has 2 heterocycles. The van der Waals surface area contributed by atoms with Gasteiger partial charge in [0, 0.05) is 38.1 Å². The molecule has 0 amide bonds. The molecular formula is C11H20N4. The molecule has 1 N–H and O–H groups in total. The maximum atomic E-state index is 4.44. The van der Waals surface area contributed by atoms with Crippen molar-refractivity contribution >= 4 is 5.95 Å². The summed E-state index contributed by atoms with van der Waals surface area (Å²) in [5, 5.41) is 3.39. The van der Waals surface area contributed by atoms with Gasteiger partial charge in [0.05, 0.1) is 0 Å². The predicted octanol–water partition coefficient (Wildman–Crippen LogP) is 1.26. The van der Waals surface area contributed by atoms with E-state index in [0.717, 1.165) is 19.0 Å². The lowest BCUT2D eigenvalue weighted by Gasteiger charge is -2.26. The minimum absolute atomic E-state index is 0.472. The molecule has 0 spiro atoms. The lowest BCUT2D eigenvalue weighted by Crippen LogP contribution is -2.35. The largest absolute Gasteiger partial charge is 0.341 e. The molecule has 15 heavy (non-hydrogen) atoms. The van der Waals surface area contributed by atoms with Crippen LogP contribution in [0.2, 0.25) is 0 Å². The molecule has 1 aliphatic rings. The van der Waals surface area contributed by atoms with Gasteiger partial charge in [-0.2, -0.15) is 0 Å². The first-order chi connectivity index (χ1) is 7.20.